The Morgan fingerprint density at radius 1 is 1.33 bits per heavy atom. The zero-order valence-corrected chi connectivity index (χ0v) is 10.3. The first-order valence-electron chi connectivity index (χ1n) is 5.47. The number of hydrogen-bond acceptors (Lipinski definition) is 3. The molecule has 18 heavy (non-hydrogen) atoms. The van der Waals surface area contributed by atoms with Gasteiger partial charge in [-0.1, -0.05) is 0 Å². The number of ether oxygens (including phenoxy) is 1. The second-order valence-electron chi connectivity index (χ2n) is 3.58. The average Bonchev–Trinajstić information content (AvgIpc) is 2.25. The molecular formula is C10H17F3N2O3. The number of halogens is 3. The van der Waals surface area contributed by atoms with E-state index in [1.165, 1.54) is 7.05 Å². The van der Waals surface area contributed by atoms with Gasteiger partial charge in [0.05, 0.1) is 13.0 Å². The van der Waals surface area contributed by atoms with Crippen LogP contribution in [0.25, 0.3) is 0 Å². The second kappa shape index (κ2) is 7.78. The highest BCUT2D eigenvalue weighted by Gasteiger charge is 2.27. The van der Waals surface area contributed by atoms with Gasteiger partial charge in [0.25, 0.3) is 0 Å². The molecule has 1 N–H and O–H groups in total. The van der Waals surface area contributed by atoms with Gasteiger partial charge in [0.2, 0.25) is 5.91 Å². The molecule has 0 aromatic heterocycles. The van der Waals surface area contributed by atoms with E-state index in [2.05, 4.69) is 10.1 Å². The van der Waals surface area contributed by atoms with E-state index >= 15 is 0 Å². The first kappa shape index (κ1) is 16.5. The Labute approximate surface area is 103 Å². The highest BCUT2D eigenvalue weighted by Crippen LogP contribution is 2.19. The summed E-state index contributed by atoms with van der Waals surface area (Å²) >= 11 is 0. The molecule has 0 unspecified atom stereocenters. The lowest BCUT2D eigenvalue weighted by Gasteiger charge is -2.18. The smallest absolute Gasteiger partial charge is 0.407 e. The van der Waals surface area contributed by atoms with E-state index in [0.29, 0.717) is 0 Å². The van der Waals surface area contributed by atoms with Gasteiger partial charge in [-0.05, 0) is 6.92 Å². The van der Waals surface area contributed by atoms with Gasteiger partial charge in [-0.2, -0.15) is 13.2 Å². The number of amides is 2. The summed E-state index contributed by atoms with van der Waals surface area (Å²) in [4.78, 5) is 23.2. The molecule has 0 saturated carbocycles. The van der Waals surface area contributed by atoms with Crippen molar-refractivity contribution in [2.75, 3.05) is 26.7 Å². The van der Waals surface area contributed by atoms with E-state index in [0.717, 1.165) is 4.90 Å². The predicted octanol–water partition coefficient (Wildman–Crippen LogP) is 1.53. The molecule has 0 saturated heterocycles. The van der Waals surface area contributed by atoms with Crippen LogP contribution in [0.1, 0.15) is 19.8 Å². The molecule has 0 aromatic rings. The number of hydrogen-bond donors (Lipinski definition) is 1. The van der Waals surface area contributed by atoms with Gasteiger partial charge in [-0.3, -0.25) is 4.79 Å². The Bertz CT molecular complexity index is 282. The normalized spacial score (nSPS) is 10.9. The summed E-state index contributed by atoms with van der Waals surface area (Å²) in [5.74, 6) is -0.462. The maximum Gasteiger partial charge on any atom is 0.407 e. The van der Waals surface area contributed by atoms with E-state index in [-0.39, 0.29) is 26.1 Å². The van der Waals surface area contributed by atoms with Crippen molar-refractivity contribution in [3.63, 3.8) is 0 Å². The fourth-order valence-electron chi connectivity index (χ4n) is 1.06. The van der Waals surface area contributed by atoms with Crippen LogP contribution in [0.2, 0.25) is 0 Å². The molecule has 5 nitrogen and oxygen atoms in total. The third-order valence-corrected chi connectivity index (χ3v) is 2.04. The zero-order valence-electron chi connectivity index (χ0n) is 10.3. The van der Waals surface area contributed by atoms with E-state index in [1.807, 2.05) is 0 Å². The number of alkyl carbamates (subject to hydrolysis) is 1. The minimum Gasteiger partial charge on any atom is -0.450 e. The number of carbonyl (C=O) groups excluding carboxylic acids is 2. The molecule has 0 radical (unpaired) electrons. The largest absolute Gasteiger partial charge is 0.450 e. The average molecular weight is 270 g/mol. The van der Waals surface area contributed by atoms with Crippen molar-refractivity contribution >= 4 is 12.0 Å². The highest BCUT2D eigenvalue weighted by atomic mass is 19.4. The fourth-order valence-corrected chi connectivity index (χ4v) is 1.06. The summed E-state index contributed by atoms with van der Waals surface area (Å²) in [6.45, 7) is 1.50. The molecule has 0 aliphatic rings. The number of nitrogens with zero attached hydrogens (tertiary/aromatic N) is 1. The summed E-state index contributed by atoms with van der Waals surface area (Å²) in [7, 11) is 1.29. The van der Waals surface area contributed by atoms with Gasteiger partial charge >= 0.3 is 12.3 Å². The lowest BCUT2D eigenvalue weighted by Crippen LogP contribution is -2.34. The number of carbonyl (C=O) groups is 2. The highest BCUT2D eigenvalue weighted by molar-refractivity contribution is 5.76. The molecule has 0 aromatic carbocycles. The standard InChI is InChI=1S/C10H17F3N2O3/c1-3-18-9(17)14-6-4-8(16)15(2)7-5-10(11,12)13/h3-7H2,1-2H3,(H,14,17). The maximum atomic E-state index is 11.9. The van der Waals surface area contributed by atoms with E-state index in [1.54, 1.807) is 6.92 Å². The minimum absolute atomic E-state index is 0.0357. The lowest BCUT2D eigenvalue weighted by atomic mass is 10.3. The Morgan fingerprint density at radius 2 is 1.94 bits per heavy atom. The summed E-state index contributed by atoms with van der Waals surface area (Å²) in [5, 5.41) is 2.31. The molecule has 8 heteroatoms. The second-order valence-corrected chi connectivity index (χ2v) is 3.58. The number of nitrogens with one attached hydrogen (secondary N) is 1. The van der Waals surface area contributed by atoms with Crippen molar-refractivity contribution in [2.24, 2.45) is 0 Å². The van der Waals surface area contributed by atoms with Crippen LogP contribution < -0.4 is 5.32 Å². The molecule has 0 aliphatic carbocycles. The Morgan fingerprint density at radius 3 is 2.44 bits per heavy atom. The van der Waals surface area contributed by atoms with Crippen molar-refractivity contribution in [3.05, 3.63) is 0 Å². The molecule has 0 spiro atoms. The van der Waals surface area contributed by atoms with Gasteiger partial charge in [0.1, 0.15) is 0 Å². The van der Waals surface area contributed by atoms with Crippen LogP contribution in [0.4, 0.5) is 18.0 Å². The summed E-state index contributed by atoms with van der Waals surface area (Å²) in [5.41, 5.74) is 0. The third-order valence-electron chi connectivity index (χ3n) is 2.04. The molecule has 0 atom stereocenters. The van der Waals surface area contributed by atoms with Gasteiger partial charge in [-0.15, -0.1) is 0 Å². The van der Waals surface area contributed by atoms with Crippen molar-refractivity contribution in [1.29, 1.82) is 0 Å². The lowest BCUT2D eigenvalue weighted by molar-refractivity contribution is -0.143. The first-order chi connectivity index (χ1) is 8.26. The topological polar surface area (TPSA) is 58.6 Å². The molecule has 2 amide bonds. The molecule has 106 valence electrons. The Hall–Kier alpha value is -1.47. The van der Waals surface area contributed by atoms with E-state index in [9.17, 15) is 22.8 Å². The van der Waals surface area contributed by atoms with E-state index < -0.39 is 24.6 Å². The molecule has 0 heterocycles. The zero-order chi connectivity index (χ0) is 14.2. The van der Waals surface area contributed by atoms with Crippen LogP contribution in [0.3, 0.4) is 0 Å². The van der Waals surface area contributed by atoms with Gasteiger partial charge in [-0.25, -0.2) is 4.79 Å². The monoisotopic (exact) mass is 270 g/mol. The number of alkyl halides is 3. The van der Waals surface area contributed by atoms with Crippen LogP contribution >= 0.6 is 0 Å². The Kier molecular flexibility index (Phi) is 7.14. The predicted molar refractivity (Wildman–Crippen MR) is 58.0 cm³/mol. The Balaban J connectivity index is 3.78. The molecule has 0 rings (SSSR count). The van der Waals surface area contributed by atoms with Gasteiger partial charge in [0, 0.05) is 26.6 Å². The minimum atomic E-state index is -4.28. The van der Waals surface area contributed by atoms with Crippen LogP contribution in [0.5, 0.6) is 0 Å². The third kappa shape index (κ3) is 8.66. The van der Waals surface area contributed by atoms with Crippen LogP contribution in [-0.4, -0.2) is 49.8 Å². The van der Waals surface area contributed by atoms with E-state index in [4.69, 9.17) is 0 Å². The van der Waals surface area contributed by atoms with Crippen LogP contribution in [-0.2, 0) is 9.53 Å². The molecule has 0 fully saturated rings. The SMILES string of the molecule is CCOC(=O)NCCC(=O)N(C)CCC(F)(F)F. The number of rotatable bonds is 6. The van der Waals surface area contributed by atoms with Gasteiger partial charge < -0.3 is 15.0 Å². The molecule has 0 bridgehead atoms. The van der Waals surface area contributed by atoms with Crippen molar-refractivity contribution < 1.29 is 27.5 Å². The van der Waals surface area contributed by atoms with Gasteiger partial charge in [0.15, 0.2) is 0 Å². The summed E-state index contributed by atoms with van der Waals surface area (Å²) in [6, 6.07) is 0. The molecular weight excluding hydrogens is 253 g/mol. The summed E-state index contributed by atoms with van der Waals surface area (Å²) in [6.07, 6.45) is -6.03. The summed E-state index contributed by atoms with van der Waals surface area (Å²) < 4.78 is 40.3. The molecule has 0 aliphatic heterocycles. The van der Waals surface area contributed by atoms with Crippen LogP contribution in [0, 0.1) is 0 Å². The quantitative estimate of drug-likeness (QED) is 0.796. The van der Waals surface area contributed by atoms with Crippen molar-refractivity contribution in [2.45, 2.75) is 25.9 Å². The fraction of sp³-hybridized carbons (Fsp3) is 0.800. The van der Waals surface area contributed by atoms with Crippen LogP contribution in [0.15, 0.2) is 0 Å². The maximum absolute atomic E-state index is 11.9. The van der Waals surface area contributed by atoms with Crippen molar-refractivity contribution in [3.8, 4) is 0 Å². The van der Waals surface area contributed by atoms with Crippen molar-refractivity contribution in [1.82, 2.24) is 10.2 Å². The first-order valence-corrected chi connectivity index (χ1v) is 5.47.